The third kappa shape index (κ3) is 3.14. The number of pyridine rings is 1. The minimum absolute atomic E-state index is 0.888. The molecule has 0 atom stereocenters. The van der Waals surface area contributed by atoms with Gasteiger partial charge < -0.3 is 0 Å². The normalized spacial score (nSPS) is 11.3. The zero-order valence-corrected chi connectivity index (χ0v) is 10.0. The van der Waals surface area contributed by atoms with Crippen LogP contribution in [0.4, 0.5) is 5.69 Å². The van der Waals surface area contributed by atoms with E-state index < -0.39 is 0 Å². The van der Waals surface area contributed by atoms with E-state index >= 15 is 0 Å². The van der Waals surface area contributed by atoms with Crippen LogP contribution in [-0.4, -0.2) is 10.7 Å². The van der Waals surface area contributed by atoms with Gasteiger partial charge in [-0.3, -0.25) is 10.4 Å². The fourth-order valence-electron chi connectivity index (χ4n) is 1.44. The topological polar surface area (TPSA) is 37.3 Å². The molecule has 0 aliphatic rings. The van der Waals surface area contributed by atoms with Crippen LogP contribution < -0.4 is 5.43 Å². The molecule has 1 aromatic heterocycles. The summed E-state index contributed by atoms with van der Waals surface area (Å²) in [7, 11) is 0. The highest BCUT2D eigenvalue weighted by molar-refractivity contribution is 5.99. The van der Waals surface area contributed by atoms with Crippen molar-refractivity contribution in [3.8, 4) is 0 Å². The van der Waals surface area contributed by atoms with Gasteiger partial charge >= 0.3 is 0 Å². The van der Waals surface area contributed by atoms with Crippen molar-refractivity contribution in [2.45, 2.75) is 13.8 Å². The van der Waals surface area contributed by atoms with E-state index in [1.807, 2.05) is 19.1 Å². The number of benzene rings is 1. The molecule has 0 unspecified atom stereocenters. The van der Waals surface area contributed by atoms with Gasteiger partial charge in [0.1, 0.15) is 0 Å². The second-order valence-corrected chi connectivity index (χ2v) is 3.92. The van der Waals surface area contributed by atoms with Gasteiger partial charge in [0.25, 0.3) is 0 Å². The van der Waals surface area contributed by atoms with Crippen LogP contribution in [-0.2, 0) is 0 Å². The van der Waals surface area contributed by atoms with Gasteiger partial charge in [0, 0.05) is 6.20 Å². The molecule has 1 aromatic carbocycles. The lowest BCUT2D eigenvalue weighted by atomic mass is 10.1. The third-order valence-corrected chi connectivity index (χ3v) is 2.48. The van der Waals surface area contributed by atoms with E-state index in [0.717, 1.165) is 17.0 Å². The highest BCUT2D eigenvalue weighted by Crippen LogP contribution is 2.06. The van der Waals surface area contributed by atoms with Crippen LogP contribution in [0.3, 0.4) is 0 Å². The van der Waals surface area contributed by atoms with Gasteiger partial charge in [-0.25, -0.2) is 0 Å². The zero-order chi connectivity index (χ0) is 12.1. The van der Waals surface area contributed by atoms with Crippen molar-refractivity contribution in [1.29, 1.82) is 0 Å². The standard InChI is InChI=1S/C14H15N3/c1-11-5-7-13(8-6-11)12(2)16-17-14-4-3-9-15-10-14/h3-10,17H,1-2H3/b16-12+. The number of nitrogens with zero attached hydrogens (tertiary/aromatic N) is 2. The Kier molecular flexibility index (Phi) is 3.50. The summed E-state index contributed by atoms with van der Waals surface area (Å²) in [5.41, 5.74) is 7.19. The second-order valence-electron chi connectivity index (χ2n) is 3.92. The number of anilines is 1. The van der Waals surface area contributed by atoms with Crippen molar-refractivity contribution < 1.29 is 0 Å². The molecular weight excluding hydrogens is 210 g/mol. The number of hydrazone groups is 1. The Morgan fingerprint density at radius 2 is 1.94 bits per heavy atom. The maximum atomic E-state index is 4.32. The first-order chi connectivity index (χ1) is 8.25. The zero-order valence-electron chi connectivity index (χ0n) is 10.0. The Hall–Kier alpha value is -2.16. The van der Waals surface area contributed by atoms with Crippen LogP contribution >= 0.6 is 0 Å². The molecule has 0 radical (unpaired) electrons. The molecule has 0 bridgehead atoms. The maximum absolute atomic E-state index is 4.32. The molecule has 2 rings (SSSR count). The predicted octanol–water partition coefficient (Wildman–Crippen LogP) is 3.23. The highest BCUT2D eigenvalue weighted by Gasteiger charge is 1.96. The van der Waals surface area contributed by atoms with Crippen molar-refractivity contribution in [2.75, 3.05) is 5.43 Å². The SMILES string of the molecule is C/C(=N\Nc1cccnc1)c1ccc(C)cc1. The largest absolute Gasteiger partial charge is 0.277 e. The summed E-state index contributed by atoms with van der Waals surface area (Å²) in [5, 5.41) is 4.32. The van der Waals surface area contributed by atoms with Crippen molar-refractivity contribution in [1.82, 2.24) is 4.98 Å². The van der Waals surface area contributed by atoms with Crippen LogP contribution in [0.15, 0.2) is 53.9 Å². The highest BCUT2D eigenvalue weighted by atomic mass is 15.3. The van der Waals surface area contributed by atoms with Crippen LogP contribution in [0.2, 0.25) is 0 Å². The number of aryl methyl sites for hydroxylation is 1. The maximum Gasteiger partial charge on any atom is 0.0745 e. The number of aromatic nitrogens is 1. The molecule has 3 nitrogen and oxygen atoms in total. The van der Waals surface area contributed by atoms with Crippen molar-refractivity contribution in [3.63, 3.8) is 0 Å². The molecule has 0 fully saturated rings. The Morgan fingerprint density at radius 3 is 2.59 bits per heavy atom. The van der Waals surface area contributed by atoms with E-state index in [4.69, 9.17) is 0 Å². The number of hydrogen-bond acceptors (Lipinski definition) is 3. The van der Waals surface area contributed by atoms with Crippen LogP contribution in [0.25, 0.3) is 0 Å². The van der Waals surface area contributed by atoms with E-state index in [1.54, 1.807) is 12.4 Å². The number of rotatable bonds is 3. The Labute approximate surface area is 101 Å². The molecule has 0 aliphatic carbocycles. The third-order valence-electron chi connectivity index (χ3n) is 2.48. The van der Waals surface area contributed by atoms with Crippen LogP contribution in [0, 0.1) is 6.92 Å². The van der Waals surface area contributed by atoms with E-state index in [0.29, 0.717) is 0 Å². The van der Waals surface area contributed by atoms with Gasteiger partial charge in [-0.15, -0.1) is 0 Å². The number of hydrogen-bond donors (Lipinski definition) is 1. The molecule has 1 heterocycles. The summed E-state index contributed by atoms with van der Waals surface area (Å²) in [4.78, 5) is 4.02. The van der Waals surface area contributed by atoms with Gasteiger partial charge in [-0.05, 0) is 31.5 Å². The fourth-order valence-corrected chi connectivity index (χ4v) is 1.44. The van der Waals surface area contributed by atoms with E-state index in [1.165, 1.54) is 5.56 Å². The van der Waals surface area contributed by atoms with Crippen LogP contribution in [0.1, 0.15) is 18.1 Å². The summed E-state index contributed by atoms with van der Waals surface area (Å²) in [6.45, 7) is 4.05. The Bertz CT molecular complexity index is 501. The summed E-state index contributed by atoms with van der Waals surface area (Å²) in [6, 6.07) is 12.1. The Balaban J connectivity index is 2.10. The minimum atomic E-state index is 0.888. The first kappa shape index (κ1) is 11.3. The first-order valence-electron chi connectivity index (χ1n) is 5.53. The smallest absolute Gasteiger partial charge is 0.0745 e. The Morgan fingerprint density at radius 1 is 1.18 bits per heavy atom. The minimum Gasteiger partial charge on any atom is -0.277 e. The van der Waals surface area contributed by atoms with Gasteiger partial charge in [-0.2, -0.15) is 5.10 Å². The molecular formula is C14H15N3. The summed E-state index contributed by atoms with van der Waals surface area (Å²) >= 11 is 0. The molecule has 3 heteroatoms. The van der Waals surface area contributed by atoms with Gasteiger partial charge in [-0.1, -0.05) is 29.8 Å². The summed E-state index contributed by atoms with van der Waals surface area (Å²) in [6.07, 6.45) is 3.48. The second kappa shape index (κ2) is 5.25. The molecule has 0 amide bonds. The van der Waals surface area contributed by atoms with Crippen molar-refractivity contribution >= 4 is 11.4 Å². The molecule has 0 spiro atoms. The lowest BCUT2D eigenvalue weighted by molar-refractivity contribution is 1.26. The quantitative estimate of drug-likeness (QED) is 0.643. The fraction of sp³-hybridized carbons (Fsp3) is 0.143. The molecule has 2 aromatic rings. The summed E-state index contributed by atoms with van der Waals surface area (Å²) < 4.78 is 0. The van der Waals surface area contributed by atoms with E-state index in [-0.39, 0.29) is 0 Å². The molecule has 0 saturated heterocycles. The van der Waals surface area contributed by atoms with E-state index in [2.05, 4.69) is 46.7 Å². The predicted molar refractivity (Wildman–Crippen MR) is 71.2 cm³/mol. The first-order valence-corrected chi connectivity index (χ1v) is 5.53. The molecule has 17 heavy (non-hydrogen) atoms. The molecule has 0 aliphatic heterocycles. The average Bonchev–Trinajstić information content (AvgIpc) is 2.38. The molecule has 0 saturated carbocycles. The average molecular weight is 225 g/mol. The lowest BCUT2D eigenvalue weighted by Crippen LogP contribution is -1.99. The van der Waals surface area contributed by atoms with Crippen LogP contribution in [0.5, 0.6) is 0 Å². The number of nitrogens with one attached hydrogen (secondary N) is 1. The van der Waals surface area contributed by atoms with Gasteiger partial charge in [0.15, 0.2) is 0 Å². The van der Waals surface area contributed by atoms with Gasteiger partial charge in [0.2, 0.25) is 0 Å². The molecule has 86 valence electrons. The summed E-state index contributed by atoms with van der Waals surface area (Å²) in [5.74, 6) is 0. The molecule has 1 N–H and O–H groups in total. The van der Waals surface area contributed by atoms with Gasteiger partial charge in [0.05, 0.1) is 17.6 Å². The van der Waals surface area contributed by atoms with Crippen molar-refractivity contribution in [3.05, 3.63) is 59.9 Å². The lowest BCUT2D eigenvalue weighted by Gasteiger charge is -2.03. The van der Waals surface area contributed by atoms with Crippen molar-refractivity contribution in [2.24, 2.45) is 5.10 Å². The monoisotopic (exact) mass is 225 g/mol. The van der Waals surface area contributed by atoms with E-state index in [9.17, 15) is 0 Å².